The number of ketones is 1. The first-order chi connectivity index (χ1) is 14.7. The van der Waals surface area contributed by atoms with Gasteiger partial charge in [-0.05, 0) is 41.3 Å². The molecule has 0 saturated heterocycles. The van der Waals surface area contributed by atoms with Crippen molar-refractivity contribution < 1.29 is 29.3 Å². The molecule has 2 aromatic carbocycles. The number of carboxylic acids is 1. The van der Waals surface area contributed by atoms with E-state index in [1.807, 2.05) is 13.8 Å². The molecule has 1 aliphatic heterocycles. The Morgan fingerprint density at radius 3 is 2.19 bits per heavy atom. The Kier molecular flexibility index (Phi) is 6.44. The van der Waals surface area contributed by atoms with Gasteiger partial charge in [0.15, 0.2) is 11.5 Å². The Balaban J connectivity index is 2.00. The minimum atomic E-state index is -1.04. The predicted molar refractivity (Wildman–Crippen MR) is 114 cm³/mol. The summed E-state index contributed by atoms with van der Waals surface area (Å²) >= 11 is 0. The van der Waals surface area contributed by atoms with E-state index in [1.54, 1.807) is 43.5 Å². The molecule has 1 atom stereocenters. The monoisotopic (exact) mass is 423 g/mol. The van der Waals surface area contributed by atoms with Crippen molar-refractivity contribution in [1.29, 1.82) is 0 Å². The number of carbonyl (C=O) groups is 3. The van der Waals surface area contributed by atoms with Gasteiger partial charge in [-0.15, -0.1) is 0 Å². The van der Waals surface area contributed by atoms with Crippen molar-refractivity contribution in [1.82, 2.24) is 4.90 Å². The van der Waals surface area contributed by atoms with Crippen LogP contribution in [0.25, 0.3) is 0 Å². The van der Waals surface area contributed by atoms with Crippen LogP contribution in [0.15, 0.2) is 59.9 Å². The van der Waals surface area contributed by atoms with Crippen molar-refractivity contribution in [2.24, 2.45) is 5.92 Å². The lowest BCUT2D eigenvalue weighted by Crippen LogP contribution is -2.30. The minimum Gasteiger partial charge on any atom is -0.503 e. The van der Waals surface area contributed by atoms with Crippen LogP contribution >= 0.6 is 0 Å². The Morgan fingerprint density at radius 1 is 1.06 bits per heavy atom. The fourth-order valence-corrected chi connectivity index (χ4v) is 3.66. The quantitative estimate of drug-likeness (QED) is 0.667. The lowest BCUT2D eigenvalue weighted by molar-refractivity contribution is -0.130. The molecule has 0 fully saturated rings. The van der Waals surface area contributed by atoms with Crippen LogP contribution in [0.5, 0.6) is 5.75 Å². The number of benzene rings is 2. The van der Waals surface area contributed by atoms with Crippen LogP contribution in [0.4, 0.5) is 0 Å². The average Bonchev–Trinajstić information content (AvgIpc) is 2.98. The first-order valence-corrected chi connectivity index (χ1v) is 9.96. The fraction of sp³-hybridized carbons (Fsp3) is 0.292. The van der Waals surface area contributed by atoms with Gasteiger partial charge in [0.1, 0.15) is 5.75 Å². The molecule has 2 aromatic rings. The van der Waals surface area contributed by atoms with Crippen molar-refractivity contribution in [3.05, 3.63) is 76.6 Å². The van der Waals surface area contributed by atoms with E-state index < -0.39 is 23.7 Å². The highest BCUT2D eigenvalue weighted by Gasteiger charge is 2.43. The average molecular weight is 423 g/mol. The molecule has 162 valence electrons. The number of aromatic carboxylic acids is 1. The molecule has 1 heterocycles. The number of methoxy groups -OCH3 is 1. The van der Waals surface area contributed by atoms with Gasteiger partial charge in [-0.2, -0.15) is 0 Å². The minimum absolute atomic E-state index is 0.0667. The van der Waals surface area contributed by atoms with Gasteiger partial charge < -0.3 is 19.8 Å². The maximum atomic E-state index is 12.9. The van der Waals surface area contributed by atoms with Crippen LogP contribution < -0.4 is 4.74 Å². The van der Waals surface area contributed by atoms with Crippen LogP contribution in [-0.2, 0) is 16.1 Å². The molecule has 1 amide bonds. The number of carbonyl (C=O) groups excluding carboxylic acids is 2. The molecule has 3 rings (SSSR count). The van der Waals surface area contributed by atoms with Crippen molar-refractivity contribution in [2.75, 3.05) is 7.11 Å². The zero-order chi connectivity index (χ0) is 22.7. The van der Waals surface area contributed by atoms with Crippen molar-refractivity contribution in [3.8, 4) is 5.75 Å². The third kappa shape index (κ3) is 4.60. The molecule has 0 aromatic heterocycles. The van der Waals surface area contributed by atoms with E-state index >= 15 is 0 Å². The van der Waals surface area contributed by atoms with Gasteiger partial charge in [-0.1, -0.05) is 38.1 Å². The Labute approximate surface area is 180 Å². The third-order valence-corrected chi connectivity index (χ3v) is 5.18. The zero-order valence-electron chi connectivity index (χ0n) is 17.7. The maximum Gasteiger partial charge on any atom is 0.335 e. The molecule has 0 aliphatic carbocycles. The van der Waals surface area contributed by atoms with Crippen molar-refractivity contribution in [2.45, 2.75) is 32.9 Å². The smallest absolute Gasteiger partial charge is 0.335 e. The molecule has 0 spiro atoms. The Morgan fingerprint density at radius 2 is 1.68 bits per heavy atom. The van der Waals surface area contributed by atoms with Crippen LogP contribution in [0, 0.1) is 5.92 Å². The molecular formula is C24H25NO6. The second-order valence-electron chi connectivity index (χ2n) is 7.89. The molecule has 7 heteroatoms. The highest BCUT2D eigenvalue weighted by molar-refractivity contribution is 6.09. The number of amides is 1. The number of Topliss-reactive ketones (excluding diaryl/α,β-unsaturated/α-hetero) is 1. The summed E-state index contributed by atoms with van der Waals surface area (Å²) < 4.78 is 5.20. The summed E-state index contributed by atoms with van der Waals surface area (Å²) in [6.45, 7) is 3.91. The lowest BCUT2D eigenvalue weighted by atomic mass is 9.92. The van der Waals surface area contributed by atoms with Gasteiger partial charge in [0.05, 0.1) is 24.3 Å². The normalized spacial score (nSPS) is 16.2. The third-order valence-electron chi connectivity index (χ3n) is 5.18. The SMILES string of the molecule is COc1ccc(C2C(C(=O)CC(C)C)=C(O)C(=O)N2Cc2ccc(C(=O)O)cc2)cc1. The van der Waals surface area contributed by atoms with Crippen molar-refractivity contribution >= 4 is 17.7 Å². The number of rotatable bonds is 8. The van der Waals surface area contributed by atoms with Gasteiger partial charge in [0.2, 0.25) is 0 Å². The number of hydrogen-bond donors (Lipinski definition) is 2. The van der Waals surface area contributed by atoms with E-state index in [2.05, 4.69) is 0 Å². The summed E-state index contributed by atoms with van der Waals surface area (Å²) in [5, 5.41) is 19.7. The van der Waals surface area contributed by atoms with Crippen LogP contribution in [0.1, 0.15) is 47.8 Å². The van der Waals surface area contributed by atoms with E-state index in [0.717, 1.165) is 0 Å². The van der Waals surface area contributed by atoms with E-state index in [4.69, 9.17) is 9.84 Å². The van der Waals surface area contributed by atoms with Crippen LogP contribution in [0.2, 0.25) is 0 Å². The number of ether oxygens (including phenoxy) is 1. The lowest BCUT2D eigenvalue weighted by Gasteiger charge is -2.27. The van der Waals surface area contributed by atoms with Gasteiger partial charge in [0, 0.05) is 13.0 Å². The Bertz CT molecular complexity index is 1020. The Hall–Kier alpha value is -3.61. The molecule has 2 N–H and O–H groups in total. The fourth-order valence-electron chi connectivity index (χ4n) is 3.66. The topological polar surface area (TPSA) is 104 Å². The first-order valence-electron chi connectivity index (χ1n) is 9.96. The standard InChI is InChI=1S/C24H25NO6/c1-14(2)12-19(26)20-21(16-8-10-18(31-3)11-9-16)25(23(28)22(20)27)13-15-4-6-17(7-5-15)24(29)30/h4-11,14,21,27H,12-13H2,1-3H3,(H,29,30). The highest BCUT2D eigenvalue weighted by Crippen LogP contribution is 2.40. The number of hydrogen-bond acceptors (Lipinski definition) is 5. The molecule has 0 radical (unpaired) electrons. The maximum absolute atomic E-state index is 12.9. The van der Waals surface area contributed by atoms with E-state index in [0.29, 0.717) is 16.9 Å². The molecule has 1 unspecified atom stereocenters. The predicted octanol–water partition coefficient (Wildman–Crippen LogP) is 3.90. The van der Waals surface area contributed by atoms with E-state index in [-0.39, 0.29) is 35.8 Å². The van der Waals surface area contributed by atoms with Gasteiger partial charge >= 0.3 is 5.97 Å². The second kappa shape index (κ2) is 9.04. The number of carboxylic acid groups (broad SMARTS) is 1. The molecule has 1 aliphatic rings. The molecule has 0 saturated carbocycles. The number of aliphatic hydroxyl groups is 1. The molecule has 0 bridgehead atoms. The largest absolute Gasteiger partial charge is 0.503 e. The van der Waals surface area contributed by atoms with E-state index in [9.17, 15) is 19.5 Å². The van der Waals surface area contributed by atoms with E-state index in [1.165, 1.54) is 17.0 Å². The molecular weight excluding hydrogens is 398 g/mol. The first kappa shape index (κ1) is 22.1. The highest BCUT2D eigenvalue weighted by atomic mass is 16.5. The van der Waals surface area contributed by atoms with Gasteiger partial charge in [-0.3, -0.25) is 9.59 Å². The summed E-state index contributed by atoms with van der Waals surface area (Å²) in [7, 11) is 1.55. The van der Waals surface area contributed by atoms with Gasteiger partial charge in [0.25, 0.3) is 5.91 Å². The molecule has 31 heavy (non-hydrogen) atoms. The second-order valence-corrected chi connectivity index (χ2v) is 7.89. The summed E-state index contributed by atoms with van der Waals surface area (Å²) in [5.74, 6) is -1.78. The molecule has 7 nitrogen and oxygen atoms in total. The summed E-state index contributed by atoms with van der Waals surface area (Å²) in [5.41, 5.74) is 1.58. The van der Waals surface area contributed by atoms with Crippen LogP contribution in [0.3, 0.4) is 0 Å². The van der Waals surface area contributed by atoms with Gasteiger partial charge in [-0.25, -0.2) is 4.79 Å². The zero-order valence-corrected chi connectivity index (χ0v) is 17.7. The summed E-state index contributed by atoms with van der Waals surface area (Å²) in [6.07, 6.45) is 0.209. The van der Waals surface area contributed by atoms with Crippen molar-refractivity contribution in [3.63, 3.8) is 0 Å². The number of aliphatic hydroxyl groups excluding tert-OH is 1. The number of nitrogens with zero attached hydrogens (tertiary/aromatic N) is 1. The summed E-state index contributed by atoms with van der Waals surface area (Å²) in [6, 6.07) is 12.4. The van der Waals surface area contributed by atoms with Crippen LogP contribution in [-0.4, -0.2) is 39.9 Å². The summed E-state index contributed by atoms with van der Waals surface area (Å²) in [4.78, 5) is 38.4.